The van der Waals surface area contributed by atoms with E-state index in [9.17, 15) is 0 Å². The molecule has 1 fully saturated rings. The standard InChI is InChI=1S/C18H32N2S/c1-6-18(7-2)14-19-16(17(3,4)5)13-20(18)11-10-15-9-8-12-21-15/h8-9,12,16,19H,6-7,10-11,13-14H2,1-5H3. The van der Waals surface area contributed by atoms with E-state index in [1.807, 2.05) is 11.3 Å². The summed E-state index contributed by atoms with van der Waals surface area (Å²) in [4.78, 5) is 4.29. The number of nitrogens with zero attached hydrogens (tertiary/aromatic N) is 1. The third-order valence-electron chi connectivity index (χ3n) is 5.32. The van der Waals surface area contributed by atoms with E-state index in [0.717, 1.165) is 6.54 Å². The Bertz CT molecular complexity index is 415. The highest BCUT2D eigenvalue weighted by Crippen LogP contribution is 2.32. The molecule has 0 aliphatic carbocycles. The first kappa shape index (κ1) is 17.0. The molecule has 0 radical (unpaired) electrons. The molecule has 1 unspecified atom stereocenters. The first-order chi connectivity index (χ1) is 9.91. The van der Waals surface area contributed by atoms with Gasteiger partial charge in [-0.15, -0.1) is 11.3 Å². The first-order valence-electron chi connectivity index (χ1n) is 8.42. The summed E-state index contributed by atoms with van der Waals surface area (Å²) in [7, 11) is 0. The first-order valence-corrected chi connectivity index (χ1v) is 9.30. The summed E-state index contributed by atoms with van der Waals surface area (Å²) in [6, 6.07) is 5.03. The van der Waals surface area contributed by atoms with E-state index in [4.69, 9.17) is 0 Å². The van der Waals surface area contributed by atoms with Crippen molar-refractivity contribution in [3.8, 4) is 0 Å². The van der Waals surface area contributed by atoms with Gasteiger partial charge >= 0.3 is 0 Å². The fourth-order valence-corrected chi connectivity index (χ4v) is 4.16. The Kier molecular flexibility index (Phi) is 5.50. The lowest BCUT2D eigenvalue weighted by Gasteiger charge is -2.52. The zero-order valence-electron chi connectivity index (χ0n) is 14.4. The van der Waals surface area contributed by atoms with Crippen molar-refractivity contribution in [1.82, 2.24) is 10.2 Å². The Morgan fingerprint density at radius 1 is 1.33 bits per heavy atom. The van der Waals surface area contributed by atoms with Crippen LogP contribution in [0.15, 0.2) is 17.5 Å². The van der Waals surface area contributed by atoms with E-state index in [1.165, 1.54) is 37.2 Å². The molecular formula is C18H32N2S. The summed E-state index contributed by atoms with van der Waals surface area (Å²) in [5, 5.41) is 6.03. The van der Waals surface area contributed by atoms with E-state index in [1.54, 1.807) is 0 Å². The molecule has 1 aromatic rings. The van der Waals surface area contributed by atoms with Gasteiger partial charge in [-0.25, -0.2) is 0 Å². The molecule has 1 N–H and O–H groups in total. The predicted molar refractivity (Wildman–Crippen MR) is 94.2 cm³/mol. The van der Waals surface area contributed by atoms with Crippen molar-refractivity contribution in [2.75, 3.05) is 19.6 Å². The molecule has 1 saturated heterocycles. The summed E-state index contributed by atoms with van der Waals surface area (Å²) in [5.41, 5.74) is 0.674. The Hall–Kier alpha value is -0.380. The van der Waals surface area contributed by atoms with Gasteiger partial charge in [-0.3, -0.25) is 4.90 Å². The Morgan fingerprint density at radius 3 is 2.57 bits per heavy atom. The smallest absolute Gasteiger partial charge is 0.0329 e. The van der Waals surface area contributed by atoms with Crippen LogP contribution in [0, 0.1) is 5.41 Å². The molecule has 0 aromatic carbocycles. The largest absolute Gasteiger partial charge is 0.310 e. The Balaban J connectivity index is 2.09. The normalized spacial score (nSPS) is 23.4. The highest BCUT2D eigenvalue weighted by Gasteiger charge is 2.41. The Morgan fingerprint density at radius 2 is 2.05 bits per heavy atom. The van der Waals surface area contributed by atoms with Crippen LogP contribution in [0.5, 0.6) is 0 Å². The van der Waals surface area contributed by atoms with E-state index in [-0.39, 0.29) is 0 Å². The van der Waals surface area contributed by atoms with Crippen molar-refractivity contribution >= 4 is 11.3 Å². The summed E-state index contributed by atoms with van der Waals surface area (Å²) < 4.78 is 0. The maximum absolute atomic E-state index is 3.84. The van der Waals surface area contributed by atoms with Crippen molar-refractivity contribution in [3.63, 3.8) is 0 Å². The van der Waals surface area contributed by atoms with Crippen molar-refractivity contribution in [3.05, 3.63) is 22.4 Å². The second-order valence-electron chi connectivity index (χ2n) is 7.51. The number of hydrogen-bond acceptors (Lipinski definition) is 3. The molecule has 2 heterocycles. The van der Waals surface area contributed by atoms with Crippen LogP contribution in [0.25, 0.3) is 0 Å². The molecule has 120 valence electrons. The van der Waals surface area contributed by atoms with E-state index in [2.05, 4.69) is 62.3 Å². The van der Waals surface area contributed by atoms with E-state index >= 15 is 0 Å². The highest BCUT2D eigenvalue weighted by molar-refractivity contribution is 7.09. The fraction of sp³-hybridized carbons (Fsp3) is 0.778. The van der Waals surface area contributed by atoms with Crippen LogP contribution in [0.3, 0.4) is 0 Å². The maximum Gasteiger partial charge on any atom is 0.0329 e. The van der Waals surface area contributed by atoms with Crippen molar-refractivity contribution in [1.29, 1.82) is 0 Å². The zero-order valence-corrected chi connectivity index (χ0v) is 15.2. The summed E-state index contributed by atoms with van der Waals surface area (Å²) in [5.74, 6) is 0. The molecule has 0 spiro atoms. The molecule has 1 aliphatic rings. The van der Waals surface area contributed by atoms with Crippen LogP contribution in [-0.4, -0.2) is 36.1 Å². The van der Waals surface area contributed by atoms with Crippen LogP contribution in [0.1, 0.15) is 52.3 Å². The minimum Gasteiger partial charge on any atom is -0.310 e. The summed E-state index contributed by atoms with van der Waals surface area (Å²) in [6.07, 6.45) is 3.66. The number of nitrogens with one attached hydrogen (secondary N) is 1. The van der Waals surface area contributed by atoms with Crippen molar-refractivity contribution in [2.24, 2.45) is 5.41 Å². The molecule has 0 amide bonds. The number of piperazine rings is 1. The van der Waals surface area contributed by atoms with Gasteiger partial charge < -0.3 is 5.32 Å². The molecule has 1 aliphatic heterocycles. The minimum atomic E-state index is 0.328. The summed E-state index contributed by atoms with van der Waals surface area (Å²) >= 11 is 1.89. The second kappa shape index (κ2) is 6.80. The monoisotopic (exact) mass is 308 g/mol. The lowest BCUT2D eigenvalue weighted by atomic mass is 9.80. The highest BCUT2D eigenvalue weighted by atomic mass is 32.1. The molecule has 0 saturated carbocycles. The lowest BCUT2D eigenvalue weighted by molar-refractivity contribution is 0.00877. The molecule has 3 heteroatoms. The SMILES string of the molecule is CCC1(CC)CNC(C(C)(C)C)CN1CCc1cccs1. The summed E-state index contributed by atoms with van der Waals surface area (Å²) in [6.45, 7) is 15.3. The second-order valence-corrected chi connectivity index (χ2v) is 8.54. The molecule has 0 bridgehead atoms. The van der Waals surface area contributed by atoms with Crippen LogP contribution >= 0.6 is 11.3 Å². The molecule has 2 rings (SSSR count). The predicted octanol–water partition coefficient (Wildman–Crippen LogP) is 4.17. The van der Waals surface area contributed by atoms with Crippen molar-refractivity contribution in [2.45, 2.75) is 65.5 Å². The molecular weight excluding hydrogens is 276 g/mol. The fourth-order valence-electron chi connectivity index (χ4n) is 3.46. The zero-order chi connectivity index (χ0) is 15.5. The lowest BCUT2D eigenvalue weighted by Crippen LogP contribution is -2.66. The van der Waals surface area contributed by atoms with Crippen LogP contribution in [-0.2, 0) is 6.42 Å². The quantitative estimate of drug-likeness (QED) is 0.878. The van der Waals surface area contributed by atoms with Crippen LogP contribution in [0.4, 0.5) is 0 Å². The van der Waals surface area contributed by atoms with Gasteiger partial charge in [0.25, 0.3) is 0 Å². The third-order valence-corrected chi connectivity index (χ3v) is 6.26. The van der Waals surface area contributed by atoms with Gasteiger partial charge in [0.15, 0.2) is 0 Å². The van der Waals surface area contributed by atoms with Gasteiger partial charge in [-0.05, 0) is 36.1 Å². The van der Waals surface area contributed by atoms with Crippen LogP contribution < -0.4 is 5.32 Å². The van der Waals surface area contributed by atoms with E-state index in [0.29, 0.717) is 17.0 Å². The van der Waals surface area contributed by atoms with Gasteiger partial charge in [-0.2, -0.15) is 0 Å². The maximum atomic E-state index is 3.84. The van der Waals surface area contributed by atoms with Gasteiger partial charge in [0.1, 0.15) is 0 Å². The average Bonchev–Trinajstić information content (AvgIpc) is 2.97. The Labute approximate surface area is 134 Å². The number of thiophene rings is 1. The van der Waals surface area contributed by atoms with E-state index < -0.39 is 0 Å². The van der Waals surface area contributed by atoms with Gasteiger partial charge in [-0.1, -0.05) is 40.7 Å². The van der Waals surface area contributed by atoms with Gasteiger partial charge in [0.2, 0.25) is 0 Å². The number of hydrogen-bond donors (Lipinski definition) is 1. The molecule has 1 aromatic heterocycles. The topological polar surface area (TPSA) is 15.3 Å². The third kappa shape index (κ3) is 3.88. The van der Waals surface area contributed by atoms with Crippen LogP contribution in [0.2, 0.25) is 0 Å². The average molecular weight is 309 g/mol. The molecule has 21 heavy (non-hydrogen) atoms. The van der Waals surface area contributed by atoms with Gasteiger partial charge in [0.05, 0.1) is 0 Å². The molecule has 2 nitrogen and oxygen atoms in total. The van der Waals surface area contributed by atoms with Crippen molar-refractivity contribution < 1.29 is 0 Å². The molecule has 1 atom stereocenters. The minimum absolute atomic E-state index is 0.328. The number of rotatable bonds is 5. The van der Waals surface area contributed by atoms with Gasteiger partial charge in [0, 0.05) is 36.1 Å².